The standard InChI is InChI=1S/C6H10Br2O2S/c7-3-5-1-2-6(4-8)11(5,9)10/h5-6H,1-4H2/t5-,6+. The smallest absolute Gasteiger partial charge is 0.157 e. The van der Waals surface area contributed by atoms with Crippen molar-refractivity contribution in [1.29, 1.82) is 0 Å². The molecule has 0 aromatic carbocycles. The predicted molar refractivity (Wildman–Crippen MR) is 53.3 cm³/mol. The van der Waals surface area contributed by atoms with Gasteiger partial charge < -0.3 is 0 Å². The molecule has 1 saturated heterocycles. The Morgan fingerprint density at radius 3 is 1.64 bits per heavy atom. The summed E-state index contributed by atoms with van der Waals surface area (Å²) in [5.41, 5.74) is 0. The van der Waals surface area contributed by atoms with Crippen molar-refractivity contribution >= 4 is 41.7 Å². The molecule has 1 fully saturated rings. The molecule has 0 radical (unpaired) electrons. The second-order valence-corrected chi connectivity index (χ2v) is 6.53. The quantitative estimate of drug-likeness (QED) is 0.728. The molecule has 5 heteroatoms. The van der Waals surface area contributed by atoms with E-state index in [0.29, 0.717) is 10.7 Å². The van der Waals surface area contributed by atoms with Crippen LogP contribution in [-0.4, -0.2) is 29.6 Å². The summed E-state index contributed by atoms with van der Waals surface area (Å²) in [6, 6.07) is 0. The molecule has 66 valence electrons. The first kappa shape index (κ1) is 9.99. The maximum Gasteiger partial charge on any atom is 0.157 e. The van der Waals surface area contributed by atoms with Gasteiger partial charge in [-0.15, -0.1) is 0 Å². The molecule has 0 saturated carbocycles. The summed E-state index contributed by atoms with van der Waals surface area (Å²) in [5, 5.41) is 0.868. The van der Waals surface area contributed by atoms with E-state index < -0.39 is 9.84 Å². The average molecular weight is 306 g/mol. The summed E-state index contributed by atoms with van der Waals surface area (Å²) in [7, 11) is -2.82. The van der Waals surface area contributed by atoms with Crippen LogP contribution in [0, 0.1) is 0 Å². The molecule has 1 heterocycles. The van der Waals surface area contributed by atoms with Gasteiger partial charge in [0.15, 0.2) is 9.84 Å². The molecule has 0 spiro atoms. The average Bonchev–Trinajstić information content (AvgIpc) is 2.24. The van der Waals surface area contributed by atoms with E-state index in [0.717, 1.165) is 12.8 Å². The van der Waals surface area contributed by atoms with Gasteiger partial charge in [0.2, 0.25) is 0 Å². The Labute approximate surface area is 83.9 Å². The van der Waals surface area contributed by atoms with Crippen LogP contribution < -0.4 is 0 Å². The van der Waals surface area contributed by atoms with E-state index in [1.165, 1.54) is 0 Å². The molecular formula is C6H10Br2O2S. The Bertz CT molecular complexity index is 207. The van der Waals surface area contributed by atoms with Gasteiger partial charge >= 0.3 is 0 Å². The van der Waals surface area contributed by atoms with Crippen LogP contribution in [0.3, 0.4) is 0 Å². The van der Waals surface area contributed by atoms with Gasteiger partial charge in [-0.25, -0.2) is 8.42 Å². The van der Waals surface area contributed by atoms with Gasteiger partial charge in [-0.1, -0.05) is 31.9 Å². The Morgan fingerprint density at radius 2 is 1.45 bits per heavy atom. The topological polar surface area (TPSA) is 34.1 Å². The molecule has 1 aliphatic rings. The summed E-state index contributed by atoms with van der Waals surface area (Å²) in [6.45, 7) is 0. The Morgan fingerprint density at radius 1 is 1.09 bits per heavy atom. The zero-order chi connectivity index (χ0) is 8.48. The highest BCUT2D eigenvalue weighted by molar-refractivity contribution is 9.09. The van der Waals surface area contributed by atoms with Gasteiger partial charge in [-0.3, -0.25) is 0 Å². The van der Waals surface area contributed by atoms with E-state index in [1.807, 2.05) is 0 Å². The normalized spacial score (nSPS) is 35.8. The van der Waals surface area contributed by atoms with Crippen molar-refractivity contribution in [2.45, 2.75) is 23.3 Å². The fraction of sp³-hybridized carbons (Fsp3) is 1.00. The molecule has 1 rings (SSSR count). The highest BCUT2D eigenvalue weighted by Gasteiger charge is 2.38. The van der Waals surface area contributed by atoms with Crippen LogP contribution in [-0.2, 0) is 9.84 Å². The Hall–Kier alpha value is 0.910. The lowest BCUT2D eigenvalue weighted by atomic mass is 10.2. The molecule has 2 atom stereocenters. The fourth-order valence-corrected chi connectivity index (χ4v) is 5.99. The second kappa shape index (κ2) is 3.75. The third-order valence-electron chi connectivity index (χ3n) is 2.08. The van der Waals surface area contributed by atoms with Crippen molar-refractivity contribution < 1.29 is 8.42 Å². The minimum Gasteiger partial charge on any atom is -0.228 e. The van der Waals surface area contributed by atoms with Crippen molar-refractivity contribution in [2.24, 2.45) is 0 Å². The molecule has 0 aromatic rings. The number of halogens is 2. The highest BCUT2D eigenvalue weighted by Crippen LogP contribution is 2.29. The van der Waals surface area contributed by atoms with E-state index in [-0.39, 0.29) is 10.5 Å². The minimum atomic E-state index is -2.82. The van der Waals surface area contributed by atoms with Crippen LogP contribution in [0.1, 0.15) is 12.8 Å². The second-order valence-electron chi connectivity index (χ2n) is 2.72. The molecular weight excluding hydrogens is 296 g/mol. The highest BCUT2D eigenvalue weighted by atomic mass is 79.9. The van der Waals surface area contributed by atoms with E-state index in [1.54, 1.807) is 0 Å². The lowest BCUT2D eigenvalue weighted by Gasteiger charge is -2.07. The van der Waals surface area contributed by atoms with E-state index in [2.05, 4.69) is 31.9 Å². The van der Waals surface area contributed by atoms with E-state index >= 15 is 0 Å². The third-order valence-corrected chi connectivity index (χ3v) is 7.17. The van der Waals surface area contributed by atoms with Gasteiger partial charge in [0, 0.05) is 10.7 Å². The number of sulfone groups is 1. The van der Waals surface area contributed by atoms with Crippen LogP contribution in [0.4, 0.5) is 0 Å². The summed E-state index contributed by atoms with van der Waals surface area (Å²) in [6.07, 6.45) is 1.62. The first-order valence-electron chi connectivity index (χ1n) is 3.47. The molecule has 2 nitrogen and oxygen atoms in total. The summed E-state index contributed by atoms with van der Waals surface area (Å²) in [5.74, 6) is 0. The lowest BCUT2D eigenvalue weighted by Crippen LogP contribution is -2.24. The monoisotopic (exact) mass is 304 g/mol. The van der Waals surface area contributed by atoms with E-state index in [4.69, 9.17) is 0 Å². The maximum atomic E-state index is 11.5. The van der Waals surface area contributed by atoms with Crippen LogP contribution in [0.5, 0.6) is 0 Å². The van der Waals surface area contributed by atoms with Crippen molar-refractivity contribution in [3.8, 4) is 0 Å². The zero-order valence-corrected chi connectivity index (χ0v) is 9.95. The third kappa shape index (κ3) is 1.80. The molecule has 0 aromatic heterocycles. The fourth-order valence-electron chi connectivity index (χ4n) is 1.30. The van der Waals surface area contributed by atoms with Crippen LogP contribution in [0.15, 0.2) is 0 Å². The Balaban J connectivity index is 2.81. The summed E-state index contributed by atoms with van der Waals surface area (Å²) >= 11 is 6.43. The van der Waals surface area contributed by atoms with Crippen molar-refractivity contribution in [1.82, 2.24) is 0 Å². The van der Waals surface area contributed by atoms with Gasteiger partial charge in [-0.2, -0.15) is 0 Å². The van der Waals surface area contributed by atoms with Gasteiger partial charge in [0.25, 0.3) is 0 Å². The summed E-state index contributed by atoms with van der Waals surface area (Å²) in [4.78, 5) is 0. The molecule has 0 amide bonds. The molecule has 0 aliphatic carbocycles. The maximum absolute atomic E-state index is 11.5. The SMILES string of the molecule is O=S1(=O)[C@H](CBr)CC[C@@H]1CBr. The number of rotatable bonds is 2. The first-order valence-corrected chi connectivity index (χ1v) is 7.32. The number of hydrogen-bond donors (Lipinski definition) is 0. The molecule has 11 heavy (non-hydrogen) atoms. The van der Waals surface area contributed by atoms with Crippen molar-refractivity contribution in [3.63, 3.8) is 0 Å². The van der Waals surface area contributed by atoms with Crippen LogP contribution >= 0.6 is 31.9 Å². The number of hydrogen-bond acceptors (Lipinski definition) is 2. The number of alkyl halides is 2. The molecule has 1 aliphatic heterocycles. The van der Waals surface area contributed by atoms with Crippen molar-refractivity contribution in [3.05, 3.63) is 0 Å². The van der Waals surface area contributed by atoms with E-state index in [9.17, 15) is 8.42 Å². The van der Waals surface area contributed by atoms with Crippen molar-refractivity contribution in [2.75, 3.05) is 10.7 Å². The van der Waals surface area contributed by atoms with Gasteiger partial charge in [-0.05, 0) is 12.8 Å². The molecule has 0 N–H and O–H groups in total. The molecule has 0 bridgehead atoms. The lowest BCUT2D eigenvalue weighted by molar-refractivity contribution is 0.588. The predicted octanol–water partition coefficient (Wildman–Crippen LogP) is 1.72. The first-order chi connectivity index (χ1) is 5.12. The molecule has 0 unspecified atom stereocenters. The minimum absolute atomic E-state index is 0.148. The largest absolute Gasteiger partial charge is 0.228 e. The van der Waals surface area contributed by atoms with Crippen LogP contribution in [0.2, 0.25) is 0 Å². The Kier molecular flexibility index (Phi) is 3.40. The van der Waals surface area contributed by atoms with Gasteiger partial charge in [0.05, 0.1) is 10.5 Å². The van der Waals surface area contributed by atoms with Crippen LogP contribution in [0.25, 0.3) is 0 Å². The van der Waals surface area contributed by atoms with Gasteiger partial charge in [0.1, 0.15) is 0 Å². The summed E-state index contributed by atoms with van der Waals surface area (Å²) < 4.78 is 23.0. The zero-order valence-electron chi connectivity index (χ0n) is 5.96.